The number of imide groups is 1. The lowest BCUT2D eigenvalue weighted by atomic mass is 10.1. The monoisotopic (exact) mass is 251 g/mol. The van der Waals surface area contributed by atoms with Crippen LogP contribution < -0.4 is 5.32 Å². The van der Waals surface area contributed by atoms with Gasteiger partial charge in [0.15, 0.2) is 0 Å². The lowest BCUT2D eigenvalue weighted by molar-refractivity contribution is -0.385. The van der Waals surface area contributed by atoms with Crippen LogP contribution in [0.25, 0.3) is 0 Å². The van der Waals surface area contributed by atoms with Crippen molar-refractivity contribution in [2.24, 2.45) is 5.92 Å². The molecule has 0 bridgehead atoms. The van der Waals surface area contributed by atoms with E-state index in [0.717, 1.165) is 12.3 Å². The number of amides is 2. The van der Waals surface area contributed by atoms with Gasteiger partial charge in [-0.3, -0.25) is 30.0 Å². The number of aryl methyl sites for hydroxylation is 1. The summed E-state index contributed by atoms with van der Waals surface area (Å²) in [6.45, 7) is 4.82. The largest absolute Gasteiger partial charge is 0.292 e. The van der Waals surface area contributed by atoms with E-state index in [0.29, 0.717) is 5.69 Å². The fourth-order valence-corrected chi connectivity index (χ4v) is 1.18. The van der Waals surface area contributed by atoms with Crippen molar-refractivity contribution >= 4 is 17.5 Å². The summed E-state index contributed by atoms with van der Waals surface area (Å²) in [4.78, 5) is 36.8. The Bertz CT molecular complexity index is 511. The van der Waals surface area contributed by atoms with Crippen LogP contribution in [-0.2, 0) is 4.79 Å². The van der Waals surface area contributed by atoms with Crippen LogP contribution in [-0.4, -0.2) is 21.7 Å². The summed E-state index contributed by atoms with van der Waals surface area (Å²) < 4.78 is 0. The van der Waals surface area contributed by atoms with Crippen molar-refractivity contribution in [3.8, 4) is 0 Å². The molecule has 0 atom stereocenters. The number of nitro groups is 1. The molecule has 0 aliphatic heterocycles. The molecule has 0 unspecified atom stereocenters. The molecule has 0 aromatic carbocycles. The molecule has 0 aliphatic rings. The maximum atomic E-state index is 11.8. The fraction of sp³-hybridized carbons (Fsp3) is 0.364. The summed E-state index contributed by atoms with van der Waals surface area (Å²) >= 11 is 0. The van der Waals surface area contributed by atoms with E-state index < -0.39 is 16.7 Å². The number of hydrogen-bond acceptors (Lipinski definition) is 5. The Labute approximate surface area is 103 Å². The van der Waals surface area contributed by atoms with E-state index >= 15 is 0 Å². The number of nitrogens with zero attached hydrogens (tertiary/aromatic N) is 2. The van der Waals surface area contributed by atoms with Gasteiger partial charge in [0.1, 0.15) is 6.20 Å². The quantitative estimate of drug-likeness (QED) is 0.642. The zero-order valence-electron chi connectivity index (χ0n) is 10.3. The molecule has 1 heterocycles. The number of carbonyl (C=O) groups is 2. The molecule has 7 nitrogen and oxygen atoms in total. The van der Waals surface area contributed by atoms with Gasteiger partial charge in [-0.25, -0.2) is 0 Å². The molecule has 96 valence electrons. The van der Waals surface area contributed by atoms with Crippen molar-refractivity contribution in [1.82, 2.24) is 10.3 Å². The zero-order chi connectivity index (χ0) is 13.9. The van der Waals surface area contributed by atoms with Gasteiger partial charge >= 0.3 is 0 Å². The Hall–Kier alpha value is -2.31. The van der Waals surface area contributed by atoms with Crippen LogP contribution in [0.4, 0.5) is 5.69 Å². The molecule has 0 saturated heterocycles. The molecule has 0 saturated carbocycles. The van der Waals surface area contributed by atoms with E-state index in [1.165, 1.54) is 0 Å². The minimum absolute atomic E-state index is 0.0261. The second-order valence-corrected chi connectivity index (χ2v) is 4.06. The normalized spacial score (nSPS) is 10.2. The SMILES string of the molecule is Cc1ncc([N+](=O)[O-])cc1C(=O)NC(=O)C(C)C. The Morgan fingerprint density at radius 3 is 2.56 bits per heavy atom. The number of hydrogen-bond donors (Lipinski definition) is 1. The molecule has 1 rings (SSSR count). The molecule has 0 fully saturated rings. The second kappa shape index (κ2) is 5.35. The van der Waals surface area contributed by atoms with Crippen LogP contribution in [0.15, 0.2) is 12.3 Å². The molecule has 18 heavy (non-hydrogen) atoms. The molecule has 1 aromatic heterocycles. The third-order valence-corrected chi connectivity index (χ3v) is 2.29. The van der Waals surface area contributed by atoms with Gasteiger partial charge in [0, 0.05) is 12.0 Å². The van der Waals surface area contributed by atoms with Gasteiger partial charge in [0.25, 0.3) is 11.6 Å². The van der Waals surface area contributed by atoms with Gasteiger partial charge in [-0.1, -0.05) is 13.8 Å². The number of aromatic nitrogens is 1. The van der Waals surface area contributed by atoms with E-state index in [-0.39, 0.29) is 17.2 Å². The van der Waals surface area contributed by atoms with Gasteiger partial charge in [-0.05, 0) is 6.92 Å². The highest BCUT2D eigenvalue weighted by atomic mass is 16.6. The molecular weight excluding hydrogens is 238 g/mol. The highest BCUT2D eigenvalue weighted by molar-refractivity contribution is 6.05. The first kappa shape index (κ1) is 13.8. The summed E-state index contributed by atoms with van der Waals surface area (Å²) in [7, 11) is 0. The average molecular weight is 251 g/mol. The van der Waals surface area contributed by atoms with E-state index in [2.05, 4.69) is 10.3 Å². The molecule has 7 heteroatoms. The van der Waals surface area contributed by atoms with Crippen molar-refractivity contribution in [3.63, 3.8) is 0 Å². The lowest BCUT2D eigenvalue weighted by Crippen LogP contribution is -2.34. The Morgan fingerprint density at radius 2 is 2.06 bits per heavy atom. The summed E-state index contributed by atoms with van der Waals surface area (Å²) in [6.07, 6.45) is 1.07. The molecule has 0 spiro atoms. The highest BCUT2D eigenvalue weighted by Crippen LogP contribution is 2.14. The van der Waals surface area contributed by atoms with Gasteiger partial charge in [-0.2, -0.15) is 0 Å². The summed E-state index contributed by atoms with van der Waals surface area (Å²) in [5, 5.41) is 12.7. The van der Waals surface area contributed by atoms with Crippen LogP contribution in [0.2, 0.25) is 0 Å². The van der Waals surface area contributed by atoms with Crippen molar-refractivity contribution in [3.05, 3.63) is 33.6 Å². The number of pyridine rings is 1. The van der Waals surface area contributed by atoms with Crippen molar-refractivity contribution in [2.75, 3.05) is 0 Å². The minimum atomic E-state index is -0.678. The Morgan fingerprint density at radius 1 is 1.44 bits per heavy atom. The van der Waals surface area contributed by atoms with E-state index in [1.54, 1.807) is 20.8 Å². The smallest absolute Gasteiger partial charge is 0.288 e. The van der Waals surface area contributed by atoms with Gasteiger partial charge in [0.05, 0.1) is 16.2 Å². The van der Waals surface area contributed by atoms with Crippen LogP contribution in [0.3, 0.4) is 0 Å². The maximum absolute atomic E-state index is 11.8. The minimum Gasteiger partial charge on any atom is -0.292 e. The predicted octanol–water partition coefficient (Wildman–Crippen LogP) is 1.21. The molecule has 0 aliphatic carbocycles. The Kier molecular flexibility index (Phi) is 4.09. The van der Waals surface area contributed by atoms with Crippen LogP contribution >= 0.6 is 0 Å². The summed E-state index contributed by atoms with van der Waals surface area (Å²) in [5.74, 6) is -1.46. The third-order valence-electron chi connectivity index (χ3n) is 2.29. The number of carbonyl (C=O) groups excluding carboxylic acids is 2. The standard InChI is InChI=1S/C11H13N3O4/c1-6(2)10(15)13-11(16)9-4-8(14(17)18)5-12-7(9)3/h4-6H,1-3H3,(H,13,15,16). The lowest BCUT2D eigenvalue weighted by Gasteiger charge is -2.07. The average Bonchev–Trinajstić information content (AvgIpc) is 2.28. The van der Waals surface area contributed by atoms with Gasteiger partial charge < -0.3 is 0 Å². The third kappa shape index (κ3) is 3.09. The van der Waals surface area contributed by atoms with Gasteiger partial charge in [0.2, 0.25) is 5.91 Å². The first-order chi connectivity index (χ1) is 8.32. The van der Waals surface area contributed by atoms with Crippen LogP contribution in [0.1, 0.15) is 29.9 Å². The van der Waals surface area contributed by atoms with E-state index in [1.807, 2.05) is 0 Å². The molecular formula is C11H13N3O4. The first-order valence-electron chi connectivity index (χ1n) is 5.29. The fourth-order valence-electron chi connectivity index (χ4n) is 1.18. The van der Waals surface area contributed by atoms with E-state index in [9.17, 15) is 19.7 Å². The summed E-state index contributed by atoms with van der Waals surface area (Å²) in [5.41, 5.74) is 0.0654. The van der Waals surface area contributed by atoms with Crippen LogP contribution in [0, 0.1) is 23.0 Å². The predicted molar refractivity (Wildman–Crippen MR) is 62.9 cm³/mol. The number of nitrogens with one attached hydrogen (secondary N) is 1. The molecule has 1 N–H and O–H groups in total. The molecule has 2 amide bonds. The summed E-state index contributed by atoms with van der Waals surface area (Å²) in [6, 6.07) is 1.10. The van der Waals surface area contributed by atoms with E-state index in [4.69, 9.17) is 0 Å². The molecule has 1 aromatic rings. The maximum Gasteiger partial charge on any atom is 0.288 e. The van der Waals surface area contributed by atoms with Crippen LogP contribution in [0.5, 0.6) is 0 Å². The van der Waals surface area contributed by atoms with Crippen molar-refractivity contribution < 1.29 is 14.5 Å². The molecule has 0 radical (unpaired) electrons. The van der Waals surface area contributed by atoms with Crippen molar-refractivity contribution in [1.29, 1.82) is 0 Å². The Balaban J connectivity index is 3.01. The van der Waals surface area contributed by atoms with Crippen molar-refractivity contribution in [2.45, 2.75) is 20.8 Å². The highest BCUT2D eigenvalue weighted by Gasteiger charge is 2.18. The number of rotatable bonds is 3. The zero-order valence-corrected chi connectivity index (χ0v) is 10.3. The topological polar surface area (TPSA) is 102 Å². The first-order valence-corrected chi connectivity index (χ1v) is 5.29. The van der Waals surface area contributed by atoms with Gasteiger partial charge in [-0.15, -0.1) is 0 Å². The second-order valence-electron chi connectivity index (χ2n) is 4.06.